The molecule has 0 atom stereocenters. The van der Waals surface area contributed by atoms with E-state index in [1.807, 2.05) is 63.2 Å². The summed E-state index contributed by atoms with van der Waals surface area (Å²) in [5.41, 5.74) is 5.91. The molecule has 6 heteroatoms. The molecule has 0 aromatic heterocycles. The number of benzene rings is 3. The van der Waals surface area contributed by atoms with E-state index in [1.54, 1.807) is 24.3 Å². The van der Waals surface area contributed by atoms with Gasteiger partial charge in [0.25, 0.3) is 5.91 Å². The molecule has 0 aliphatic rings. The highest BCUT2D eigenvalue weighted by Crippen LogP contribution is 2.19. The van der Waals surface area contributed by atoms with Gasteiger partial charge in [0.05, 0.1) is 17.7 Å². The molecule has 0 unspecified atom stereocenters. The highest BCUT2D eigenvalue weighted by atomic mass is 32.1. The number of thiocarbonyl (C=S) groups is 1. The second-order valence-electron chi connectivity index (χ2n) is 7.40. The molecule has 0 spiro atoms. The summed E-state index contributed by atoms with van der Waals surface area (Å²) < 4.78 is 0. The maximum Gasteiger partial charge on any atom is 0.257 e. The van der Waals surface area contributed by atoms with Crippen LogP contribution in [0.1, 0.15) is 32.6 Å². The molecule has 0 saturated heterocycles. The van der Waals surface area contributed by atoms with Gasteiger partial charge < -0.3 is 16.0 Å². The first-order valence-corrected chi connectivity index (χ1v) is 10.4. The largest absolute Gasteiger partial charge is 0.332 e. The lowest BCUT2D eigenvalue weighted by molar-refractivity contribution is -0.119. The van der Waals surface area contributed by atoms with Crippen LogP contribution in [0, 0.1) is 20.8 Å². The fraction of sp³-hybridized carbons (Fsp3) is 0.160. The zero-order valence-corrected chi connectivity index (χ0v) is 18.6. The SMILES string of the molecule is Cc1ccc(NC(=O)c2ccccc2NC(=S)NC(=O)Cc2ccccc2C)cc1C. The fourth-order valence-electron chi connectivity index (χ4n) is 3.11. The van der Waals surface area contributed by atoms with Gasteiger partial charge in [0.15, 0.2) is 5.11 Å². The van der Waals surface area contributed by atoms with E-state index in [-0.39, 0.29) is 23.3 Å². The summed E-state index contributed by atoms with van der Waals surface area (Å²) in [6.45, 7) is 5.98. The zero-order valence-electron chi connectivity index (χ0n) is 17.8. The van der Waals surface area contributed by atoms with Gasteiger partial charge in [0, 0.05) is 5.69 Å². The first-order chi connectivity index (χ1) is 14.8. The van der Waals surface area contributed by atoms with Crippen molar-refractivity contribution >= 4 is 40.5 Å². The van der Waals surface area contributed by atoms with Gasteiger partial charge in [-0.2, -0.15) is 0 Å². The molecule has 0 saturated carbocycles. The summed E-state index contributed by atoms with van der Waals surface area (Å²) in [6.07, 6.45) is 0.226. The third-order valence-corrected chi connectivity index (χ3v) is 5.25. The van der Waals surface area contributed by atoms with Gasteiger partial charge in [-0.15, -0.1) is 0 Å². The lowest BCUT2D eigenvalue weighted by atomic mass is 10.1. The number of anilines is 2. The molecular weight excluding hydrogens is 406 g/mol. The number of aryl methyl sites for hydroxylation is 3. The molecule has 158 valence electrons. The second-order valence-corrected chi connectivity index (χ2v) is 7.81. The molecule has 0 aliphatic heterocycles. The zero-order chi connectivity index (χ0) is 22.4. The Morgan fingerprint density at radius 2 is 1.52 bits per heavy atom. The van der Waals surface area contributed by atoms with Crippen molar-refractivity contribution in [2.24, 2.45) is 0 Å². The predicted octanol–water partition coefficient (Wildman–Crippen LogP) is 4.92. The first-order valence-electron chi connectivity index (χ1n) is 9.96. The van der Waals surface area contributed by atoms with Crippen LogP contribution in [0.15, 0.2) is 66.7 Å². The highest BCUT2D eigenvalue weighted by Gasteiger charge is 2.14. The second kappa shape index (κ2) is 10.00. The Hall–Kier alpha value is -3.51. The van der Waals surface area contributed by atoms with E-state index in [4.69, 9.17) is 12.2 Å². The number of carbonyl (C=O) groups excluding carboxylic acids is 2. The number of carbonyl (C=O) groups is 2. The number of para-hydroxylation sites is 1. The fourth-order valence-corrected chi connectivity index (χ4v) is 3.34. The maximum absolute atomic E-state index is 12.8. The van der Waals surface area contributed by atoms with Crippen molar-refractivity contribution < 1.29 is 9.59 Å². The minimum atomic E-state index is -0.264. The van der Waals surface area contributed by atoms with Crippen molar-refractivity contribution in [3.05, 3.63) is 94.5 Å². The number of hydrogen-bond acceptors (Lipinski definition) is 3. The van der Waals surface area contributed by atoms with Crippen LogP contribution in [0.5, 0.6) is 0 Å². The van der Waals surface area contributed by atoms with Crippen LogP contribution in [0.4, 0.5) is 11.4 Å². The van der Waals surface area contributed by atoms with E-state index in [0.29, 0.717) is 11.3 Å². The summed E-state index contributed by atoms with van der Waals surface area (Å²) in [7, 11) is 0. The third-order valence-electron chi connectivity index (χ3n) is 5.05. The highest BCUT2D eigenvalue weighted by molar-refractivity contribution is 7.80. The molecule has 0 bridgehead atoms. The monoisotopic (exact) mass is 431 g/mol. The molecule has 0 radical (unpaired) electrons. The van der Waals surface area contributed by atoms with E-state index in [0.717, 1.165) is 27.9 Å². The predicted molar refractivity (Wildman–Crippen MR) is 130 cm³/mol. The Bertz CT molecular complexity index is 1140. The molecule has 3 N–H and O–H groups in total. The third kappa shape index (κ3) is 5.99. The lowest BCUT2D eigenvalue weighted by Gasteiger charge is -2.14. The van der Waals surface area contributed by atoms with Crippen LogP contribution >= 0.6 is 12.2 Å². The minimum absolute atomic E-state index is 0.144. The van der Waals surface area contributed by atoms with Crippen molar-refractivity contribution in [2.45, 2.75) is 27.2 Å². The summed E-state index contributed by atoms with van der Waals surface area (Å²) in [5, 5.41) is 8.70. The van der Waals surface area contributed by atoms with Crippen LogP contribution in [0.3, 0.4) is 0 Å². The van der Waals surface area contributed by atoms with Gasteiger partial charge in [0.1, 0.15) is 0 Å². The molecule has 3 aromatic rings. The van der Waals surface area contributed by atoms with E-state index in [9.17, 15) is 9.59 Å². The van der Waals surface area contributed by atoms with Gasteiger partial charge in [-0.3, -0.25) is 9.59 Å². The molecule has 31 heavy (non-hydrogen) atoms. The molecule has 2 amide bonds. The van der Waals surface area contributed by atoms with Crippen LogP contribution < -0.4 is 16.0 Å². The summed E-state index contributed by atoms with van der Waals surface area (Å²) in [5.74, 6) is -0.482. The van der Waals surface area contributed by atoms with E-state index < -0.39 is 0 Å². The Morgan fingerprint density at radius 1 is 0.806 bits per heavy atom. The molecule has 3 rings (SSSR count). The quantitative estimate of drug-likeness (QED) is 0.502. The van der Waals surface area contributed by atoms with Crippen molar-refractivity contribution in [3.63, 3.8) is 0 Å². The van der Waals surface area contributed by atoms with E-state index in [2.05, 4.69) is 16.0 Å². The van der Waals surface area contributed by atoms with Gasteiger partial charge in [-0.25, -0.2) is 0 Å². The van der Waals surface area contributed by atoms with Crippen molar-refractivity contribution in [1.82, 2.24) is 5.32 Å². The van der Waals surface area contributed by atoms with Crippen molar-refractivity contribution in [3.8, 4) is 0 Å². The van der Waals surface area contributed by atoms with Crippen molar-refractivity contribution in [1.29, 1.82) is 0 Å². The number of nitrogens with one attached hydrogen (secondary N) is 3. The number of amides is 2. The van der Waals surface area contributed by atoms with Gasteiger partial charge >= 0.3 is 0 Å². The average Bonchev–Trinajstić information content (AvgIpc) is 2.72. The molecule has 0 heterocycles. The maximum atomic E-state index is 12.8. The molecule has 3 aromatic carbocycles. The topological polar surface area (TPSA) is 70.2 Å². The van der Waals surface area contributed by atoms with Crippen LogP contribution in [-0.2, 0) is 11.2 Å². The standard InChI is InChI=1S/C25H25N3O2S/c1-16-12-13-20(14-18(16)3)26-24(30)21-10-6-7-11-22(21)27-25(31)28-23(29)15-19-9-5-4-8-17(19)2/h4-14H,15H2,1-3H3,(H,26,30)(H2,27,28,29,31). The van der Waals surface area contributed by atoms with E-state index >= 15 is 0 Å². The number of rotatable bonds is 5. The Kier molecular flexibility index (Phi) is 7.15. The van der Waals surface area contributed by atoms with Gasteiger partial charge in [-0.05, 0) is 79.5 Å². The number of hydrogen-bond donors (Lipinski definition) is 3. The van der Waals surface area contributed by atoms with Crippen LogP contribution in [-0.4, -0.2) is 16.9 Å². The summed E-state index contributed by atoms with van der Waals surface area (Å²) in [4.78, 5) is 25.2. The Morgan fingerprint density at radius 3 is 2.26 bits per heavy atom. The molecular formula is C25H25N3O2S. The van der Waals surface area contributed by atoms with Gasteiger partial charge in [-0.1, -0.05) is 42.5 Å². The Labute approximate surface area is 187 Å². The normalized spacial score (nSPS) is 10.3. The van der Waals surface area contributed by atoms with E-state index in [1.165, 1.54) is 0 Å². The molecule has 5 nitrogen and oxygen atoms in total. The Balaban J connectivity index is 1.66. The lowest BCUT2D eigenvalue weighted by Crippen LogP contribution is -2.35. The smallest absolute Gasteiger partial charge is 0.257 e. The van der Waals surface area contributed by atoms with Crippen LogP contribution in [0.25, 0.3) is 0 Å². The molecule has 0 fully saturated rings. The summed E-state index contributed by atoms with van der Waals surface area (Å²) >= 11 is 5.29. The van der Waals surface area contributed by atoms with Gasteiger partial charge in [0.2, 0.25) is 5.91 Å². The average molecular weight is 432 g/mol. The van der Waals surface area contributed by atoms with Crippen LogP contribution in [0.2, 0.25) is 0 Å². The summed E-state index contributed by atoms with van der Waals surface area (Å²) in [6, 6.07) is 20.5. The molecule has 0 aliphatic carbocycles. The first kappa shape index (κ1) is 22.2. The minimum Gasteiger partial charge on any atom is -0.332 e. The van der Waals surface area contributed by atoms with Crippen molar-refractivity contribution in [2.75, 3.05) is 10.6 Å².